The van der Waals surface area contributed by atoms with E-state index in [1.165, 1.54) is 12.3 Å². The number of hydrogen-bond acceptors (Lipinski definition) is 6. The Balaban J connectivity index is 3.06. The third kappa shape index (κ3) is 9.80. The molecular formula is C18H23Cl5N4O3S. The van der Waals surface area contributed by atoms with Gasteiger partial charge in [0.15, 0.2) is 5.16 Å². The van der Waals surface area contributed by atoms with Gasteiger partial charge < -0.3 is 15.4 Å². The molecule has 0 aliphatic carbocycles. The monoisotopic (exact) mass is 550 g/mol. The van der Waals surface area contributed by atoms with Gasteiger partial charge >= 0.3 is 0 Å². The number of carbonyl (C=O) groups excluding carboxylic acids is 2. The summed E-state index contributed by atoms with van der Waals surface area (Å²) in [6.07, 6.45) is 0.0565. The van der Waals surface area contributed by atoms with Crippen LogP contribution in [0.1, 0.15) is 41.5 Å². The quantitative estimate of drug-likeness (QED) is 0.207. The van der Waals surface area contributed by atoms with Crippen LogP contribution in [-0.2, 0) is 9.59 Å². The van der Waals surface area contributed by atoms with Gasteiger partial charge in [0, 0.05) is 23.1 Å². The summed E-state index contributed by atoms with van der Waals surface area (Å²) in [5.41, 5.74) is -1.42. The van der Waals surface area contributed by atoms with Crippen LogP contribution in [0.25, 0.3) is 0 Å². The summed E-state index contributed by atoms with van der Waals surface area (Å²) < 4.78 is 3.45. The summed E-state index contributed by atoms with van der Waals surface area (Å²) in [4.78, 5) is 32.8. The van der Waals surface area contributed by atoms with Crippen LogP contribution in [0.4, 0.5) is 0 Å². The van der Waals surface area contributed by atoms with Crippen molar-refractivity contribution in [3.8, 4) is 5.88 Å². The Morgan fingerprint density at radius 1 is 1.03 bits per heavy atom. The fourth-order valence-electron chi connectivity index (χ4n) is 1.57. The van der Waals surface area contributed by atoms with Crippen LogP contribution in [0.2, 0.25) is 0 Å². The fourth-order valence-corrected chi connectivity index (χ4v) is 2.84. The maximum Gasteiger partial charge on any atom is 0.246 e. The number of alkyl halides is 3. The van der Waals surface area contributed by atoms with Crippen LogP contribution in [0.5, 0.6) is 5.88 Å². The summed E-state index contributed by atoms with van der Waals surface area (Å²) >= 11 is 30.6. The van der Waals surface area contributed by atoms with E-state index in [0.29, 0.717) is 0 Å². The number of ether oxygens (including phenoxy) is 1. The average molecular weight is 553 g/mol. The summed E-state index contributed by atoms with van der Waals surface area (Å²) in [6, 6.07) is 1.41. The summed E-state index contributed by atoms with van der Waals surface area (Å²) in [5, 5.41) is 5.45. The number of nitrogens with zero attached hydrogens (tertiary/aromatic N) is 2. The topological polar surface area (TPSA) is 93.2 Å². The molecule has 13 heteroatoms. The minimum absolute atomic E-state index is 0.00947. The predicted octanol–water partition coefficient (Wildman–Crippen LogP) is 5.57. The van der Waals surface area contributed by atoms with Crippen molar-refractivity contribution < 1.29 is 14.3 Å². The van der Waals surface area contributed by atoms with E-state index < -0.39 is 26.8 Å². The SMILES string of the molecule is CC(C)(C)C(=O)NC(Sc1nccc(OC(NC(=O)C(C)(C)C)C(Cl)(Cl)Cl)n1)=C(Cl)Cl. The second-order valence-electron chi connectivity index (χ2n) is 8.34. The van der Waals surface area contributed by atoms with E-state index in [1.807, 2.05) is 0 Å². The highest BCUT2D eigenvalue weighted by atomic mass is 35.6. The molecule has 0 bridgehead atoms. The Labute approximate surface area is 210 Å². The van der Waals surface area contributed by atoms with E-state index >= 15 is 0 Å². The first-order valence-electron chi connectivity index (χ1n) is 8.83. The summed E-state index contributed by atoms with van der Waals surface area (Å²) in [6.45, 7) is 10.3. The third-order valence-corrected chi connectivity index (χ3v) is 5.45. The molecule has 0 spiro atoms. The lowest BCUT2D eigenvalue weighted by Gasteiger charge is -2.28. The Bertz CT molecular complexity index is 844. The van der Waals surface area contributed by atoms with Crippen LogP contribution in [0.15, 0.2) is 26.9 Å². The molecule has 1 aromatic rings. The molecule has 7 nitrogen and oxygen atoms in total. The van der Waals surface area contributed by atoms with Crippen LogP contribution < -0.4 is 15.4 Å². The molecule has 0 saturated heterocycles. The van der Waals surface area contributed by atoms with Crippen molar-refractivity contribution in [3.05, 3.63) is 21.8 Å². The molecule has 1 rings (SSSR count). The molecule has 0 fully saturated rings. The number of hydrogen-bond donors (Lipinski definition) is 2. The van der Waals surface area contributed by atoms with E-state index in [1.54, 1.807) is 41.5 Å². The Hall–Kier alpha value is -0.640. The molecule has 1 atom stereocenters. The highest BCUT2D eigenvalue weighted by molar-refractivity contribution is 8.03. The number of nitrogens with one attached hydrogen (secondary N) is 2. The van der Waals surface area contributed by atoms with Crippen molar-refractivity contribution in [2.75, 3.05) is 0 Å². The largest absolute Gasteiger partial charge is 0.449 e. The number of rotatable bonds is 6. The van der Waals surface area contributed by atoms with Gasteiger partial charge in [-0.1, -0.05) is 99.5 Å². The zero-order chi connectivity index (χ0) is 24.2. The molecule has 2 amide bonds. The minimum Gasteiger partial charge on any atom is -0.449 e. The maximum atomic E-state index is 12.3. The van der Waals surface area contributed by atoms with Gasteiger partial charge in [-0.2, -0.15) is 4.98 Å². The van der Waals surface area contributed by atoms with Gasteiger partial charge in [-0.3, -0.25) is 9.59 Å². The number of amides is 2. The second-order valence-corrected chi connectivity index (χ2v) is 12.6. The van der Waals surface area contributed by atoms with Gasteiger partial charge in [-0.15, -0.1) is 0 Å². The predicted molar refractivity (Wildman–Crippen MR) is 127 cm³/mol. The molecule has 0 radical (unpaired) electrons. The van der Waals surface area contributed by atoms with Gasteiger partial charge in [-0.05, 0) is 11.8 Å². The molecule has 2 N–H and O–H groups in total. The van der Waals surface area contributed by atoms with Crippen LogP contribution in [-0.4, -0.2) is 31.8 Å². The first-order valence-corrected chi connectivity index (χ1v) is 11.5. The molecule has 0 aliphatic heterocycles. The zero-order valence-electron chi connectivity index (χ0n) is 17.6. The molecule has 0 aliphatic rings. The Morgan fingerprint density at radius 2 is 1.58 bits per heavy atom. The van der Waals surface area contributed by atoms with Gasteiger partial charge in [0.2, 0.25) is 27.7 Å². The molecule has 1 aromatic heterocycles. The molecular weight excluding hydrogens is 530 g/mol. The lowest BCUT2D eigenvalue weighted by atomic mass is 9.96. The van der Waals surface area contributed by atoms with Crippen LogP contribution in [0, 0.1) is 10.8 Å². The number of aromatic nitrogens is 2. The lowest BCUT2D eigenvalue weighted by molar-refractivity contribution is -0.131. The van der Waals surface area contributed by atoms with E-state index in [0.717, 1.165) is 11.8 Å². The summed E-state index contributed by atoms with van der Waals surface area (Å²) in [5.74, 6) is -0.686. The molecule has 0 saturated carbocycles. The van der Waals surface area contributed by atoms with Crippen molar-refractivity contribution >= 4 is 81.6 Å². The number of thioether (sulfide) groups is 1. The lowest BCUT2D eigenvalue weighted by Crippen LogP contribution is -2.51. The second kappa shape index (κ2) is 11.0. The fraction of sp³-hybridized carbons (Fsp3) is 0.556. The number of halogens is 5. The van der Waals surface area contributed by atoms with Gasteiger partial charge in [-0.25, -0.2) is 4.98 Å². The average Bonchev–Trinajstić information content (AvgIpc) is 2.58. The van der Waals surface area contributed by atoms with Crippen molar-refractivity contribution in [3.63, 3.8) is 0 Å². The van der Waals surface area contributed by atoms with E-state index in [9.17, 15) is 9.59 Å². The van der Waals surface area contributed by atoms with Crippen LogP contribution in [0.3, 0.4) is 0 Å². The molecule has 1 heterocycles. The molecule has 0 aromatic carbocycles. The third-order valence-electron chi connectivity index (χ3n) is 3.36. The minimum atomic E-state index is -1.98. The first-order chi connectivity index (χ1) is 13.9. The van der Waals surface area contributed by atoms with E-state index in [2.05, 4.69) is 20.6 Å². The smallest absolute Gasteiger partial charge is 0.246 e. The van der Waals surface area contributed by atoms with Crippen molar-refractivity contribution in [1.82, 2.24) is 20.6 Å². The maximum absolute atomic E-state index is 12.3. The molecule has 1 unspecified atom stereocenters. The standard InChI is InChI=1S/C18H23Cl5N4O3S/c1-16(2,3)12(28)26-11(10(19)20)31-15-24-8-7-9(25-15)30-14(18(21,22)23)27-13(29)17(4,5)6/h7-8,14H,1-6H3,(H,26,28)(H,27,29). The van der Waals surface area contributed by atoms with Crippen LogP contribution >= 0.6 is 69.8 Å². The highest BCUT2D eigenvalue weighted by Gasteiger charge is 2.38. The molecule has 174 valence electrons. The normalized spacial score (nSPS) is 13.3. The van der Waals surface area contributed by atoms with E-state index in [-0.39, 0.29) is 26.5 Å². The van der Waals surface area contributed by atoms with Gasteiger partial charge in [0.1, 0.15) is 9.52 Å². The van der Waals surface area contributed by atoms with Crippen molar-refractivity contribution in [2.45, 2.75) is 56.7 Å². The number of carbonyl (C=O) groups is 2. The molecule has 31 heavy (non-hydrogen) atoms. The highest BCUT2D eigenvalue weighted by Crippen LogP contribution is 2.33. The summed E-state index contributed by atoms with van der Waals surface area (Å²) in [7, 11) is 0. The Morgan fingerprint density at radius 3 is 2.03 bits per heavy atom. The van der Waals surface area contributed by atoms with Gasteiger partial charge in [0.25, 0.3) is 0 Å². The zero-order valence-corrected chi connectivity index (χ0v) is 22.2. The van der Waals surface area contributed by atoms with E-state index in [4.69, 9.17) is 62.7 Å². The Kier molecular flexibility index (Phi) is 10.1. The van der Waals surface area contributed by atoms with Gasteiger partial charge in [0.05, 0.1) is 0 Å². The first kappa shape index (κ1) is 28.4. The van der Waals surface area contributed by atoms with Crippen molar-refractivity contribution in [1.29, 1.82) is 0 Å². The van der Waals surface area contributed by atoms with Crippen molar-refractivity contribution in [2.24, 2.45) is 10.8 Å².